The SMILES string of the molecule is CC(=O)C(CCCl)Cc1cccc(F)c1Br. The summed E-state index contributed by atoms with van der Waals surface area (Å²) in [4.78, 5) is 11.4. The first-order valence-corrected chi connectivity index (χ1v) is 6.38. The van der Waals surface area contributed by atoms with Crippen LogP contribution in [-0.4, -0.2) is 11.7 Å². The maximum absolute atomic E-state index is 13.3. The second-order valence-electron chi connectivity index (χ2n) is 3.70. The zero-order valence-electron chi connectivity index (χ0n) is 8.97. The molecule has 1 aromatic rings. The van der Waals surface area contributed by atoms with Crippen molar-refractivity contribution in [2.75, 3.05) is 5.88 Å². The van der Waals surface area contributed by atoms with Gasteiger partial charge in [-0.25, -0.2) is 4.39 Å². The summed E-state index contributed by atoms with van der Waals surface area (Å²) in [5, 5.41) is 0. The Balaban J connectivity index is 2.85. The van der Waals surface area contributed by atoms with Gasteiger partial charge in [-0.05, 0) is 47.3 Å². The van der Waals surface area contributed by atoms with E-state index in [1.54, 1.807) is 13.0 Å². The lowest BCUT2D eigenvalue weighted by Crippen LogP contribution is -2.15. The normalized spacial score (nSPS) is 12.5. The number of benzene rings is 1. The Hall–Kier alpha value is -0.410. The summed E-state index contributed by atoms with van der Waals surface area (Å²) in [6, 6.07) is 4.85. The zero-order chi connectivity index (χ0) is 12.1. The van der Waals surface area contributed by atoms with Crippen LogP contribution in [0.4, 0.5) is 4.39 Å². The van der Waals surface area contributed by atoms with Gasteiger partial charge in [0.1, 0.15) is 11.6 Å². The second kappa shape index (κ2) is 6.36. The van der Waals surface area contributed by atoms with Gasteiger partial charge in [0.15, 0.2) is 0 Å². The quantitative estimate of drug-likeness (QED) is 0.752. The Morgan fingerprint density at radius 1 is 1.56 bits per heavy atom. The summed E-state index contributed by atoms with van der Waals surface area (Å²) in [7, 11) is 0. The Labute approximate surface area is 108 Å². The van der Waals surface area contributed by atoms with Crippen LogP contribution < -0.4 is 0 Å². The van der Waals surface area contributed by atoms with Crippen molar-refractivity contribution >= 4 is 33.3 Å². The molecule has 0 spiro atoms. The van der Waals surface area contributed by atoms with Gasteiger partial charge in [-0.1, -0.05) is 12.1 Å². The predicted octanol–water partition coefficient (Wildman–Crippen LogP) is 3.96. The molecule has 0 saturated heterocycles. The lowest BCUT2D eigenvalue weighted by Gasteiger charge is -2.13. The van der Waals surface area contributed by atoms with Crippen LogP contribution in [0.1, 0.15) is 18.9 Å². The highest BCUT2D eigenvalue weighted by atomic mass is 79.9. The van der Waals surface area contributed by atoms with Crippen molar-refractivity contribution in [3.8, 4) is 0 Å². The largest absolute Gasteiger partial charge is 0.300 e. The van der Waals surface area contributed by atoms with E-state index in [1.165, 1.54) is 6.07 Å². The fourth-order valence-electron chi connectivity index (χ4n) is 1.55. The first-order chi connectivity index (χ1) is 7.56. The average molecular weight is 308 g/mol. The number of hydrogen-bond donors (Lipinski definition) is 0. The monoisotopic (exact) mass is 306 g/mol. The van der Waals surface area contributed by atoms with E-state index in [1.807, 2.05) is 6.07 Å². The van der Waals surface area contributed by atoms with Crippen molar-refractivity contribution in [3.63, 3.8) is 0 Å². The molecule has 4 heteroatoms. The molecule has 0 radical (unpaired) electrons. The summed E-state index contributed by atoms with van der Waals surface area (Å²) in [5.41, 5.74) is 0.810. The van der Waals surface area contributed by atoms with Gasteiger partial charge in [-0.3, -0.25) is 4.79 Å². The van der Waals surface area contributed by atoms with Crippen molar-refractivity contribution in [1.29, 1.82) is 0 Å². The molecule has 0 heterocycles. The van der Waals surface area contributed by atoms with E-state index >= 15 is 0 Å². The third-order valence-corrected chi connectivity index (χ3v) is 3.64. The number of halogens is 3. The molecular weight excluding hydrogens is 294 g/mol. The Morgan fingerprint density at radius 3 is 2.81 bits per heavy atom. The Bertz CT molecular complexity index is 381. The minimum absolute atomic E-state index is 0.0943. The van der Waals surface area contributed by atoms with E-state index in [-0.39, 0.29) is 17.5 Å². The molecule has 0 aliphatic rings. The highest BCUT2D eigenvalue weighted by Crippen LogP contribution is 2.24. The van der Waals surface area contributed by atoms with Crippen LogP contribution in [-0.2, 0) is 11.2 Å². The zero-order valence-corrected chi connectivity index (χ0v) is 11.3. The van der Waals surface area contributed by atoms with Gasteiger partial charge in [0.05, 0.1) is 4.47 Å². The minimum atomic E-state index is -0.300. The highest BCUT2D eigenvalue weighted by Gasteiger charge is 2.16. The standard InChI is InChI=1S/C12H13BrClFO/c1-8(16)9(5-6-14)7-10-3-2-4-11(15)12(10)13/h2-4,9H,5-7H2,1H3. The number of rotatable bonds is 5. The van der Waals surface area contributed by atoms with E-state index in [0.29, 0.717) is 23.2 Å². The molecule has 0 aliphatic carbocycles. The molecule has 0 aromatic heterocycles. The van der Waals surface area contributed by atoms with Crippen LogP contribution in [0.5, 0.6) is 0 Å². The van der Waals surface area contributed by atoms with Crippen LogP contribution in [0.3, 0.4) is 0 Å². The van der Waals surface area contributed by atoms with E-state index in [9.17, 15) is 9.18 Å². The summed E-state index contributed by atoms with van der Waals surface area (Å²) in [5.74, 6) is 0.107. The number of ketones is 1. The summed E-state index contributed by atoms with van der Waals surface area (Å²) >= 11 is 8.83. The molecule has 0 N–H and O–H groups in total. The topological polar surface area (TPSA) is 17.1 Å². The van der Waals surface area contributed by atoms with E-state index in [4.69, 9.17) is 11.6 Å². The third kappa shape index (κ3) is 3.56. The molecule has 1 atom stereocenters. The molecule has 0 bridgehead atoms. The molecule has 1 aromatic carbocycles. The van der Waals surface area contributed by atoms with Gasteiger partial charge >= 0.3 is 0 Å². The van der Waals surface area contributed by atoms with Crippen LogP contribution in [0.15, 0.2) is 22.7 Å². The van der Waals surface area contributed by atoms with E-state index in [0.717, 1.165) is 5.56 Å². The van der Waals surface area contributed by atoms with Gasteiger partial charge in [0, 0.05) is 11.8 Å². The van der Waals surface area contributed by atoms with Crippen molar-refractivity contribution in [1.82, 2.24) is 0 Å². The van der Waals surface area contributed by atoms with Gasteiger partial charge in [0.2, 0.25) is 0 Å². The van der Waals surface area contributed by atoms with Crippen molar-refractivity contribution in [2.24, 2.45) is 5.92 Å². The van der Waals surface area contributed by atoms with Crippen molar-refractivity contribution in [3.05, 3.63) is 34.1 Å². The fourth-order valence-corrected chi connectivity index (χ4v) is 2.24. The van der Waals surface area contributed by atoms with Gasteiger partial charge < -0.3 is 0 Å². The maximum Gasteiger partial charge on any atom is 0.137 e. The van der Waals surface area contributed by atoms with Gasteiger partial charge in [-0.15, -0.1) is 11.6 Å². The van der Waals surface area contributed by atoms with Crippen LogP contribution in [0, 0.1) is 11.7 Å². The van der Waals surface area contributed by atoms with E-state index < -0.39 is 0 Å². The number of Topliss-reactive ketones (excluding diaryl/α,β-unsaturated/α-hetero) is 1. The predicted molar refractivity (Wildman–Crippen MR) is 67.3 cm³/mol. The van der Waals surface area contributed by atoms with Crippen molar-refractivity contribution < 1.29 is 9.18 Å². The maximum atomic E-state index is 13.3. The smallest absolute Gasteiger partial charge is 0.137 e. The van der Waals surface area contributed by atoms with Crippen molar-refractivity contribution in [2.45, 2.75) is 19.8 Å². The van der Waals surface area contributed by atoms with E-state index in [2.05, 4.69) is 15.9 Å². The summed E-state index contributed by atoms with van der Waals surface area (Å²) in [6.45, 7) is 1.55. The highest BCUT2D eigenvalue weighted by molar-refractivity contribution is 9.10. The lowest BCUT2D eigenvalue weighted by molar-refractivity contribution is -0.120. The number of alkyl halides is 1. The number of hydrogen-bond acceptors (Lipinski definition) is 1. The second-order valence-corrected chi connectivity index (χ2v) is 4.87. The Morgan fingerprint density at radius 2 is 2.25 bits per heavy atom. The number of carbonyl (C=O) groups excluding carboxylic acids is 1. The average Bonchev–Trinajstić information content (AvgIpc) is 2.23. The first kappa shape index (κ1) is 13.7. The molecule has 88 valence electrons. The summed E-state index contributed by atoms with van der Waals surface area (Å²) in [6.07, 6.45) is 1.15. The van der Waals surface area contributed by atoms with Crippen LogP contribution in [0.2, 0.25) is 0 Å². The molecule has 0 aliphatic heterocycles. The first-order valence-electron chi connectivity index (χ1n) is 5.05. The number of carbonyl (C=O) groups is 1. The van der Waals surface area contributed by atoms with Crippen LogP contribution in [0.25, 0.3) is 0 Å². The third-order valence-electron chi connectivity index (χ3n) is 2.53. The molecule has 0 fully saturated rings. The molecule has 0 amide bonds. The molecule has 16 heavy (non-hydrogen) atoms. The molecular formula is C12H13BrClFO. The van der Waals surface area contributed by atoms with Crippen LogP contribution >= 0.6 is 27.5 Å². The summed E-state index contributed by atoms with van der Waals surface area (Å²) < 4.78 is 13.7. The van der Waals surface area contributed by atoms with Gasteiger partial charge in [0.25, 0.3) is 0 Å². The minimum Gasteiger partial charge on any atom is -0.300 e. The molecule has 1 nitrogen and oxygen atoms in total. The lowest BCUT2D eigenvalue weighted by atomic mass is 9.93. The molecule has 1 unspecified atom stereocenters. The Kier molecular flexibility index (Phi) is 5.42. The molecule has 0 saturated carbocycles. The fraction of sp³-hybridized carbons (Fsp3) is 0.417. The molecule has 1 rings (SSSR count). The van der Waals surface area contributed by atoms with Gasteiger partial charge in [-0.2, -0.15) is 0 Å².